The van der Waals surface area contributed by atoms with Crippen LogP contribution in [-0.2, 0) is 4.79 Å². The van der Waals surface area contributed by atoms with Crippen LogP contribution >= 0.6 is 11.8 Å². The number of hydrogen-bond donors (Lipinski definition) is 1. The summed E-state index contributed by atoms with van der Waals surface area (Å²) in [5, 5.41) is 3.55. The molecule has 0 spiro atoms. The van der Waals surface area contributed by atoms with Crippen molar-refractivity contribution >= 4 is 35.0 Å². The van der Waals surface area contributed by atoms with Crippen molar-refractivity contribution in [3.05, 3.63) is 54.7 Å². The molecule has 28 heavy (non-hydrogen) atoms. The van der Waals surface area contributed by atoms with Gasteiger partial charge in [-0.05, 0) is 44.4 Å². The van der Waals surface area contributed by atoms with E-state index < -0.39 is 5.41 Å². The summed E-state index contributed by atoms with van der Waals surface area (Å²) in [6, 6.07) is 8.76. The highest BCUT2D eigenvalue weighted by molar-refractivity contribution is 7.98. The van der Waals surface area contributed by atoms with E-state index in [0.29, 0.717) is 34.3 Å². The summed E-state index contributed by atoms with van der Waals surface area (Å²) in [5.41, 5.74) is 1.11. The topological polar surface area (TPSA) is 71.5 Å². The highest BCUT2D eigenvalue weighted by Crippen LogP contribution is 2.38. The summed E-state index contributed by atoms with van der Waals surface area (Å²) < 4.78 is 5.92. The Morgan fingerprint density at radius 2 is 2.21 bits per heavy atom. The van der Waals surface area contributed by atoms with Crippen molar-refractivity contribution in [2.45, 2.75) is 18.9 Å². The zero-order valence-electron chi connectivity index (χ0n) is 16.2. The molecule has 2 heterocycles. The Labute approximate surface area is 169 Å². The molecule has 0 aliphatic carbocycles. The Morgan fingerprint density at radius 1 is 1.43 bits per heavy atom. The minimum atomic E-state index is -0.658. The number of pyridine rings is 1. The Balaban J connectivity index is 1.91. The van der Waals surface area contributed by atoms with Gasteiger partial charge in [-0.3, -0.25) is 9.59 Å². The van der Waals surface area contributed by atoms with Crippen molar-refractivity contribution in [3.63, 3.8) is 0 Å². The van der Waals surface area contributed by atoms with Crippen LogP contribution in [0.1, 0.15) is 24.2 Å². The van der Waals surface area contributed by atoms with Crippen LogP contribution in [0.5, 0.6) is 5.75 Å². The van der Waals surface area contributed by atoms with E-state index in [1.54, 1.807) is 47.5 Å². The zero-order valence-corrected chi connectivity index (χ0v) is 17.0. The van der Waals surface area contributed by atoms with Gasteiger partial charge in [0.1, 0.15) is 17.4 Å². The summed E-state index contributed by atoms with van der Waals surface area (Å²) in [4.78, 5) is 31.4. The molecule has 0 radical (unpaired) electrons. The minimum Gasteiger partial charge on any atom is -0.490 e. The monoisotopic (exact) mass is 397 g/mol. The maximum absolute atomic E-state index is 12.9. The van der Waals surface area contributed by atoms with Gasteiger partial charge in [0, 0.05) is 24.5 Å². The zero-order chi connectivity index (χ0) is 20.3. The third-order valence-corrected chi connectivity index (χ3v) is 5.15. The van der Waals surface area contributed by atoms with Crippen LogP contribution in [0.2, 0.25) is 0 Å². The van der Waals surface area contributed by atoms with Crippen molar-refractivity contribution in [2.24, 2.45) is 5.41 Å². The van der Waals surface area contributed by atoms with Gasteiger partial charge < -0.3 is 15.0 Å². The number of anilines is 2. The molecule has 2 aromatic rings. The predicted octanol–water partition coefficient (Wildman–Crippen LogP) is 3.99. The van der Waals surface area contributed by atoms with Crippen molar-refractivity contribution in [2.75, 3.05) is 29.6 Å². The van der Waals surface area contributed by atoms with Crippen LogP contribution in [0.4, 0.5) is 11.4 Å². The lowest BCUT2D eigenvalue weighted by Crippen LogP contribution is -2.42. The molecule has 146 valence electrons. The van der Waals surface area contributed by atoms with Gasteiger partial charge in [0.2, 0.25) is 5.91 Å². The smallest absolute Gasteiger partial charge is 0.258 e. The number of carbonyl (C=O) groups excluding carboxylic acids is 2. The van der Waals surface area contributed by atoms with Crippen LogP contribution in [0.25, 0.3) is 0 Å². The van der Waals surface area contributed by atoms with Crippen molar-refractivity contribution in [1.82, 2.24) is 4.98 Å². The number of nitrogens with one attached hydrogen (secondary N) is 1. The van der Waals surface area contributed by atoms with E-state index >= 15 is 0 Å². The molecule has 1 N–H and O–H groups in total. The molecular formula is C21H23N3O3S. The van der Waals surface area contributed by atoms with Crippen LogP contribution < -0.4 is 15.0 Å². The molecule has 1 aromatic carbocycles. The molecule has 0 unspecified atom stereocenters. The molecule has 7 heteroatoms. The number of nitrogens with zero attached hydrogens (tertiary/aromatic N) is 2. The van der Waals surface area contributed by atoms with E-state index in [-0.39, 0.29) is 18.4 Å². The van der Waals surface area contributed by atoms with Gasteiger partial charge in [-0.15, -0.1) is 18.3 Å². The van der Waals surface area contributed by atoms with Crippen molar-refractivity contribution in [3.8, 4) is 5.75 Å². The number of carbonyl (C=O) groups is 2. The molecule has 0 bridgehead atoms. The molecule has 0 atom stereocenters. The fraction of sp³-hybridized carbons (Fsp3) is 0.286. The maximum atomic E-state index is 12.9. The molecule has 6 nitrogen and oxygen atoms in total. The second-order valence-electron chi connectivity index (χ2n) is 7.07. The number of aromatic nitrogens is 1. The highest BCUT2D eigenvalue weighted by atomic mass is 32.2. The number of thioether (sulfide) groups is 1. The third kappa shape index (κ3) is 3.89. The Hall–Kier alpha value is -2.80. The van der Waals surface area contributed by atoms with E-state index in [1.807, 2.05) is 20.1 Å². The van der Waals surface area contributed by atoms with E-state index in [2.05, 4.69) is 16.9 Å². The summed E-state index contributed by atoms with van der Waals surface area (Å²) >= 11 is 1.42. The Bertz CT molecular complexity index is 927. The average Bonchev–Trinajstić information content (AvgIpc) is 2.78. The summed E-state index contributed by atoms with van der Waals surface area (Å²) in [6.45, 7) is 8.09. The number of benzene rings is 1. The van der Waals surface area contributed by atoms with Gasteiger partial charge in [-0.2, -0.15) is 0 Å². The second kappa shape index (κ2) is 8.06. The summed E-state index contributed by atoms with van der Waals surface area (Å²) in [7, 11) is 0. The van der Waals surface area contributed by atoms with Crippen LogP contribution in [0, 0.1) is 5.41 Å². The van der Waals surface area contributed by atoms with Crippen LogP contribution in [-0.4, -0.2) is 36.2 Å². The van der Waals surface area contributed by atoms with Gasteiger partial charge in [0.25, 0.3) is 5.91 Å². The van der Waals surface area contributed by atoms with Gasteiger partial charge in [-0.1, -0.05) is 6.08 Å². The third-order valence-electron chi connectivity index (χ3n) is 4.44. The SMILES string of the molecule is C=CCN1C(=O)C(C)(C)COc2cc(NC(=O)c3cccnc3SC)ccc21. The molecule has 3 rings (SSSR count). The minimum absolute atomic E-state index is 0.0251. The van der Waals surface area contributed by atoms with Gasteiger partial charge in [-0.25, -0.2) is 4.98 Å². The second-order valence-corrected chi connectivity index (χ2v) is 7.87. The van der Waals surface area contributed by atoms with Gasteiger partial charge in [0.05, 0.1) is 16.7 Å². The maximum Gasteiger partial charge on any atom is 0.258 e. The number of amides is 2. The lowest BCUT2D eigenvalue weighted by Gasteiger charge is -2.27. The first kappa shape index (κ1) is 19.9. The standard InChI is InChI=1S/C21H23N3O3S/c1-5-11-24-16-9-8-14(12-17(16)27-13-21(2,3)20(24)26)23-18(25)15-7-6-10-22-19(15)28-4/h5-10,12H,1,11,13H2,2-4H3,(H,23,25). The number of fused-ring (bicyclic) bond motifs is 1. The summed E-state index contributed by atoms with van der Waals surface area (Å²) in [6.07, 6.45) is 5.22. The number of ether oxygens (including phenoxy) is 1. The first-order chi connectivity index (χ1) is 13.4. The fourth-order valence-corrected chi connectivity index (χ4v) is 3.51. The number of rotatable bonds is 5. The molecule has 0 saturated carbocycles. The van der Waals surface area contributed by atoms with Gasteiger partial charge >= 0.3 is 0 Å². The molecule has 0 saturated heterocycles. The summed E-state index contributed by atoms with van der Waals surface area (Å²) in [5.74, 6) is 0.281. The lowest BCUT2D eigenvalue weighted by molar-refractivity contribution is -0.127. The Kier molecular flexibility index (Phi) is 5.74. The fourth-order valence-electron chi connectivity index (χ4n) is 2.96. The first-order valence-corrected chi connectivity index (χ1v) is 10.1. The highest BCUT2D eigenvalue weighted by Gasteiger charge is 2.37. The van der Waals surface area contributed by atoms with E-state index in [0.717, 1.165) is 0 Å². The van der Waals surface area contributed by atoms with Crippen LogP contribution in [0.3, 0.4) is 0 Å². The quantitative estimate of drug-likeness (QED) is 0.610. The van der Waals surface area contributed by atoms with E-state index in [1.165, 1.54) is 11.8 Å². The Morgan fingerprint density at radius 3 is 2.93 bits per heavy atom. The molecule has 0 fully saturated rings. The van der Waals surface area contributed by atoms with Crippen molar-refractivity contribution in [1.29, 1.82) is 0 Å². The largest absolute Gasteiger partial charge is 0.490 e. The van der Waals surface area contributed by atoms with E-state index in [4.69, 9.17) is 4.74 Å². The molecule has 1 aromatic heterocycles. The molecular weight excluding hydrogens is 374 g/mol. The molecule has 1 aliphatic heterocycles. The van der Waals surface area contributed by atoms with Crippen molar-refractivity contribution < 1.29 is 14.3 Å². The lowest BCUT2D eigenvalue weighted by atomic mass is 9.93. The van der Waals surface area contributed by atoms with E-state index in [9.17, 15) is 9.59 Å². The normalized spacial score (nSPS) is 15.2. The average molecular weight is 398 g/mol. The predicted molar refractivity (Wildman–Crippen MR) is 112 cm³/mol. The van der Waals surface area contributed by atoms with Crippen LogP contribution in [0.15, 0.2) is 54.2 Å². The molecule has 2 amide bonds. The first-order valence-electron chi connectivity index (χ1n) is 8.87. The number of hydrogen-bond acceptors (Lipinski definition) is 5. The molecule has 1 aliphatic rings. The van der Waals surface area contributed by atoms with Gasteiger partial charge in [0.15, 0.2) is 0 Å².